The second-order valence-electron chi connectivity index (χ2n) is 20.5. The lowest BCUT2D eigenvalue weighted by Gasteiger charge is -2.22. The summed E-state index contributed by atoms with van der Waals surface area (Å²) in [6.07, 6.45) is 0. The highest BCUT2D eigenvalue weighted by Crippen LogP contribution is 2.46. The Morgan fingerprint density at radius 1 is 0.343 bits per heavy atom. The molecule has 338 valence electrons. The van der Waals surface area contributed by atoms with Crippen LogP contribution in [0.1, 0.15) is 52.7 Å². The van der Waals surface area contributed by atoms with Crippen LogP contribution in [0.25, 0.3) is 117 Å². The standard InChI is InChI=1S/C65H52N4O/c1-64(2,3)47-33-35-55-53(39-47)54-40-48(65(4,5)6)34-36-56(54)69(55)60-51(43-21-12-8-13-22-43)37-46(38-52(60)44-23-14-9-15-24-44)62-66-61(45-31-29-42(30-32-45)41-19-10-7-11-20-41)67-63(68-62)50-26-18-28-58-59(50)49-25-16-17-27-57(49)70-58/h7-40H,1-6H3. The Hall–Kier alpha value is -8.41. The minimum Gasteiger partial charge on any atom is -0.456 e. The maximum Gasteiger partial charge on any atom is 0.164 e. The molecule has 0 bridgehead atoms. The highest BCUT2D eigenvalue weighted by Gasteiger charge is 2.26. The first-order valence-electron chi connectivity index (χ1n) is 24.2. The molecule has 0 aliphatic carbocycles. The fraction of sp³-hybridized carbons (Fsp3) is 0.123. The fourth-order valence-electron chi connectivity index (χ4n) is 10.0. The van der Waals surface area contributed by atoms with Crippen LogP contribution in [0, 0.1) is 0 Å². The maximum atomic E-state index is 6.41. The quantitative estimate of drug-likeness (QED) is 0.160. The van der Waals surface area contributed by atoms with Crippen molar-refractivity contribution in [2.24, 2.45) is 0 Å². The van der Waals surface area contributed by atoms with Crippen LogP contribution in [0.4, 0.5) is 0 Å². The predicted octanol–water partition coefficient (Wildman–Crippen LogP) is 17.5. The van der Waals surface area contributed by atoms with Gasteiger partial charge in [-0.25, -0.2) is 15.0 Å². The lowest BCUT2D eigenvalue weighted by molar-refractivity contribution is 0.590. The number of nitrogens with zero attached hydrogens (tertiary/aromatic N) is 4. The number of aromatic nitrogens is 4. The van der Waals surface area contributed by atoms with Gasteiger partial charge in [0.1, 0.15) is 11.2 Å². The monoisotopic (exact) mass is 904 g/mol. The average molecular weight is 905 g/mol. The van der Waals surface area contributed by atoms with Gasteiger partial charge in [-0.15, -0.1) is 0 Å². The summed E-state index contributed by atoms with van der Waals surface area (Å²) in [5.41, 5.74) is 16.8. The molecule has 3 aromatic heterocycles. The Balaban J connectivity index is 1.16. The topological polar surface area (TPSA) is 56.7 Å². The van der Waals surface area contributed by atoms with Gasteiger partial charge in [-0.3, -0.25) is 0 Å². The third-order valence-electron chi connectivity index (χ3n) is 13.8. The largest absolute Gasteiger partial charge is 0.456 e. The van der Waals surface area contributed by atoms with E-state index >= 15 is 0 Å². The molecule has 0 fully saturated rings. The molecule has 70 heavy (non-hydrogen) atoms. The molecule has 5 nitrogen and oxygen atoms in total. The number of furan rings is 1. The molecule has 0 radical (unpaired) electrons. The van der Waals surface area contributed by atoms with E-state index in [1.807, 2.05) is 30.3 Å². The van der Waals surface area contributed by atoms with Crippen LogP contribution in [-0.2, 0) is 10.8 Å². The zero-order valence-electron chi connectivity index (χ0n) is 40.3. The number of fused-ring (bicyclic) bond motifs is 6. The molecule has 0 amide bonds. The van der Waals surface area contributed by atoms with Crippen molar-refractivity contribution >= 4 is 43.7 Å². The van der Waals surface area contributed by atoms with Gasteiger partial charge >= 0.3 is 0 Å². The summed E-state index contributed by atoms with van der Waals surface area (Å²) in [7, 11) is 0. The van der Waals surface area contributed by atoms with Crippen LogP contribution in [0.2, 0.25) is 0 Å². The number of hydrogen-bond acceptors (Lipinski definition) is 4. The van der Waals surface area contributed by atoms with E-state index in [0.717, 1.165) is 88.7 Å². The normalized spacial score (nSPS) is 12.1. The van der Waals surface area contributed by atoms with Gasteiger partial charge in [0, 0.05) is 49.4 Å². The van der Waals surface area contributed by atoms with Crippen molar-refractivity contribution in [1.82, 2.24) is 19.5 Å². The Bertz CT molecular complexity index is 3800. The van der Waals surface area contributed by atoms with Gasteiger partial charge in [-0.05, 0) is 92.7 Å². The van der Waals surface area contributed by atoms with Crippen molar-refractivity contribution in [1.29, 1.82) is 0 Å². The van der Waals surface area contributed by atoms with Crippen molar-refractivity contribution in [2.45, 2.75) is 52.4 Å². The average Bonchev–Trinajstić information content (AvgIpc) is 3.94. The highest BCUT2D eigenvalue weighted by molar-refractivity contribution is 6.13. The van der Waals surface area contributed by atoms with Gasteiger partial charge in [-0.1, -0.05) is 199 Å². The third-order valence-corrected chi connectivity index (χ3v) is 13.8. The molecule has 5 heteroatoms. The van der Waals surface area contributed by atoms with E-state index < -0.39 is 0 Å². The molecule has 12 aromatic rings. The van der Waals surface area contributed by atoms with Gasteiger partial charge in [0.25, 0.3) is 0 Å². The number of benzene rings is 9. The first-order valence-corrected chi connectivity index (χ1v) is 24.2. The molecule has 0 aliphatic rings. The van der Waals surface area contributed by atoms with Crippen LogP contribution in [-0.4, -0.2) is 19.5 Å². The second-order valence-corrected chi connectivity index (χ2v) is 20.5. The smallest absolute Gasteiger partial charge is 0.164 e. The molecule has 12 rings (SSSR count). The summed E-state index contributed by atoms with van der Waals surface area (Å²) in [6, 6.07) is 73.5. The minimum atomic E-state index is -0.0291. The molecule has 9 aromatic carbocycles. The Labute approximate surface area is 408 Å². The lowest BCUT2D eigenvalue weighted by atomic mass is 9.85. The van der Waals surface area contributed by atoms with Gasteiger partial charge in [0.2, 0.25) is 0 Å². The van der Waals surface area contributed by atoms with E-state index in [-0.39, 0.29) is 10.8 Å². The molecule has 0 spiro atoms. The van der Waals surface area contributed by atoms with E-state index in [4.69, 9.17) is 19.4 Å². The summed E-state index contributed by atoms with van der Waals surface area (Å²) in [4.78, 5) is 16.2. The van der Waals surface area contributed by atoms with Crippen LogP contribution in [0.3, 0.4) is 0 Å². The van der Waals surface area contributed by atoms with Gasteiger partial charge < -0.3 is 8.98 Å². The van der Waals surface area contributed by atoms with E-state index in [2.05, 4.69) is 222 Å². The van der Waals surface area contributed by atoms with Crippen molar-refractivity contribution < 1.29 is 4.42 Å². The predicted molar refractivity (Wildman–Crippen MR) is 291 cm³/mol. The molecular weight excluding hydrogens is 853 g/mol. The Kier molecular flexibility index (Phi) is 10.2. The van der Waals surface area contributed by atoms with Crippen molar-refractivity contribution in [3.8, 4) is 73.2 Å². The van der Waals surface area contributed by atoms with Crippen LogP contribution >= 0.6 is 0 Å². The molecule has 0 saturated carbocycles. The molecule has 0 N–H and O–H groups in total. The molecule has 0 unspecified atom stereocenters. The Morgan fingerprint density at radius 3 is 1.36 bits per heavy atom. The number of rotatable bonds is 7. The van der Waals surface area contributed by atoms with Crippen LogP contribution < -0.4 is 0 Å². The van der Waals surface area contributed by atoms with E-state index in [1.54, 1.807) is 0 Å². The van der Waals surface area contributed by atoms with Crippen molar-refractivity contribution in [2.75, 3.05) is 0 Å². The summed E-state index contributed by atoms with van der Waals surface area (Å²) in [6.45, 7) is 13.8. The second kappa shape index (κ2) is 16.7. The van der Waals surface area contributed by atoms with Crippen LogP contribution in [0.5, 0.6) is 0 Å². The molecule has 3 heterocycles. The maximum absolute atomic E-state index is 6.41. The van der Waals surface area contributed by atoms with Crippen molar-refractivity contribution in [3.63, 3.8) is 0 Å². The molecule has 0 saturated heterocycles. The summed E-state index contributed by atoms with van der Waals surface area (Å²) in [5, 5.41) is 4.46. The van der Waals surface area contributed by atoms with E-state index in [9.17, 15) is 0 Å². The first-order chi connectivity index (χ1) is 34.0. The van der Waals surface area contributed by atoms with Gasteiger partial charge in [0.15, 0.2) is 17.5 Å². The molecule has 0 atom stereocenters. The zero-order chi connectivity index (χ0) is 47.7. The van der Waals surface area contributed by atoms with Gasteiger partial charge in [-0.2, -0.15) is 0 Å². The fourth-order valence-corrected chi connectivity index (χ4v) is 10.0. The Morgan fingerprint density at radius 2 is 0.800 bits per heavy atom. The highest BCUT2D eigenvalue weighted by atomic mass is 16.3. The molecular formula is C65H52N4O. The molecule has 0 aliphatic heterocycles. The number of hydrogen-bond donors (Lipinski definition) is 0. The summed E-state index contributed by atoms with van der Waals surface area (Å²) < 4.78 is 8.91. The van der Waals surface area contributed by atoms with E-state index in [0.29, 0.717) is 17.5 Å². The number of para-hydroxylation sites is 1. The SMILES string of the molecule is CC(C)(C)c1ccc2c(c1)c1cc(C(C)(C)C)ccc1n2-c1c(-c2ccccc2)cc(-c2nc(-c3ccc(-c4ccccc4)cc3)nc(-c3cccc4oc5ccccc5c34)n2)cc1-c1ccccc1. The first kappa shape index (κ1) is 42.9. The zero-order valence-corrected chi connectivity index (χ0v) is 40.3. The van der Waals surface area contributed by atoms with Crippen LogP contribution in [0.15, 0.2) is 211 Å². The van der Waals surface area contributed by atoms with E-state index in [1.165, 1.54) is 21.9 Å². The van der Waals surface area contributed by atoms with Crippen molar-refractivity contribution in [3.05, 3.63) is 217 Å². The minimum absolute atomic E-state index is 0.0291. The summed E-state index contributed by atoms with van der Waals surface area (Å²) >= 11 is 0. The summed E-state index contributed by atoms with van der Waals surface area (Å²) in [5.74, 6) is 1.73. The van der Waals surface area contributed by atoms with Gasteiger partial charge in [0.05, 0.1) is 16.7 Å². The lowest BCUT2D eigenvalue weighted by Crippen LogP contribution is -2.10. The third kappa shape index (κ3) is 7.55.